The molecule has 2 atom stereocenters. The van der Waals surface area contributed by atoms with E-state index < -0.39 is 17.9 Å². The molecule has 4 nitrogen and oxygen atoms in total. The van der Waals surface area contributed by atoms with E-state index >= 15 is 0 Å². The molecular formula is C9H12O4. The monoisotopic (exact) mass is 184 g/mol. The minimum Gasteiger partial charge on any atom is -0.481 e. The minimum atomic E-state index is -1.05. The molecule has 2 unspecified atom stereocenters. The van der Waals surface area contributed by atoms with E-state index in [1.54, 1.807) is 0 Å². The third-order valence-corrected chi connectivity index (χ3v) is 2.28. The highest BCUT2D eigenvalue weighted by Crippen LogP contribution is 2.27. The van der Waals surface area contributed by atoms with Crippen LogP contribution < -0.4 is 0 Å². The summed E-state index contributed by atoms with van der Waals surface area (Å²) in [6.07, 6.45) is 5.03. The van der Waals surface area contributed by atoms with E-state index in [-0.39, 0.29) is 12.3 Å². The van der Waals surface area contributed by atoms with Crippen LogP contribution in [0.15, 0.2) is 12.2 Å². The number of rotatable bonds is 4. The molecule has 0 aromatic heterocycles. The van der Waals surface area contributed by atoms with Crippen molar-refractivity contribution in [1.29, 1.82) is 0 Å². The van der Waals surface area contributed by atoms with E-state index in [2.05, 4.69) is 0 Å². The highest BCUT2D eigenvalue weighted by molar-refractivity contribution is 5.78. The van der Waals surface area contributed by atoms with Gasteiger partial charge in [0.15, 0.2) is 0 Å². The summed E-state index contributed by atoms with van der Waals surface area (Å²) in [6.45, 7) is 0. The lowest BCUT2D eigenvalue weighted by atomic mass is 9.89. The van der Waals surface area contributed by atoms with Crippen LogP contribution in [-0.2, 0) is 9.59 Å². The zero-order valence-corrected chi connectivity index (χ0v) is 7.14. The van der Waals surface area contributed by atoms with Crippen molar-refractivity contribution >= 4 is 11.9 Å². The molecule has 0 heterocycles. The maximum absolute atomic E-state index is 10.7. The Hall–Kier alpha value is -1.32. The molecule has 1 aliphatic carbocycles. The smallest absolute Gasteiger partial charge is 0.307 e. The van der Waals surface area contributed by atoms with E-state index in [0.29, 0.717) is 0 Å². The van der Waals surface area contributed by atoms with Gasteiger partial charge in [-0.15, -0.1) is 0 Å². The summed E-state index contributed by atoms with van der Waals surface area (Å²) in [6, 6.07) is 0. The number of carboxylic acid groups (broad SMARTS) is 2. The third kappa shape index (κ3) is 2.57. The van der Waals surface area contributed by atoms with Crippen LogP contribution in [0.1, 0.15) is 19.3 Å². The predicted octanol–water partition coefficient (Wildman–Crippen LogP) is 1.13. The van der Waals surface area contributed by atoms with Gasteiger partial charge >= 0.3 is 11.9 Å². The number of hydrogen-bond donors (Lipinski definition) is 2. The number of carboxylic acids is 2. The summed E-state index contributed by atoms with van der Waals surface area (Å²) in [5.74, 6) is -2.93. The first-order chi connectivity index (χ1) is 6.11. The van der Waals surface area contributed by atoms with Crippen molar-refractivity contribution in [2.45, 2.75) is 19.3 Å². The van der Waals surface area contributed by atoms with Crippen LogP contribution in [0.4, 0.5) is 0 Å². The van der Waals surface area contributed by atoms with Crippen LogP contribution in [0.2, 0.25) is 0 Å². The lowest BCUT2D eigenvalue weighted by Crippen LogP contribution is -2.24. The molecule has 13 heavy (non-hydrogen) atoms. The Morgan fingerprint density at radius 1 is 1.46 bits per heavy atom. The Kier molecular flexibility index (Phi) is 3.06. The van der Waals surface area contributed by atoms with E-state index in [1.165, 1.54) is 0 Å². The van der Waals surface area contributed by atoms with Gasteiger partial charge in [0.05, 0.1) is 12.3 Å². The average Bonchev–Trinajstić information content (AvgIpc) is 2.50. The van der Waals surface area contributed by atoms with Crippen molar-refractivity contribution in [3.63, 3.8) is 0 Å². The van der Waals surface area contributed by atoms with Crippen molar-refractivity contribution < 1.29 is 19.8 Å². The van der Waals surface area contributed by atoms with E-state index in [0.717, 1.165) is 12.8 Å². The molecule has 1 aliphatic rings. The molecule has 0 spiro atoms. The van der Waals surface area contributed by atoms with Crippen LogP contribution in [0.5, 0.6) is 0 Å². The van der Waals surface area contributed by atoms with Gasteiger partial charge in [-0.05, 0) is 18.8 Å². The largest absolute Gasteiger partial charge is 0.481 e. The van der Waals surface area contributed by atoms with Gasteiger partial charge in [0, 0.05) is 0 Å². The summed E-state index contributed by atoms with van der Waals surface area (Å²) in [5.41, 5.74) is 0. The first-order valence-corrected chi connectivity index (χ1v) is 4.22. The van der Waals surface area contributed by atoms with Crippen LogP contribution in [0.3, 0.4) is 0 Å². The molecule has 0 bridgehead atoms. The van der Waals surface area contributed by atoms with Crippen molar-refractivity contribution in [1.82, 2.24) is 0 Å². The van der Waals surface area contributed by atoms with Gasteiger partial charge in [0.25, 0.3) is 0 Å². The summed E-state index contributed by atoms with van der Waals surface area (Å²) in [5, 5.41) is 17.3. The minimum absolute atomic E-state index is 0.103. The summed E-state index contributed by atoms with van der Waals surface area (Å²) < 4.78 is 0. The lowest BCUT2D eigenvalue weighted by molar-refractivity contribution is -0.149. The second-order valence-electron chi connectivity index (χ2n) is 3.21. The molecule has 0 fully saturated rings. The van der Waals surface area contributed by atoms with E-state index in [4.69, 9.17) is 10.2 Å². The van der Waals surface area contributed by atoms with Gasteiger partial charge < -0.3 is 10.2 Å². The van der Waals surface area contributed by atoms with Crippen LogP contribution in [0, 0.1) is 11.8 Å². The zero-order valence-electron chi connectivity index (χ0n) is 7.14. The van der Waals surface area contributed by atoms with Crippen molar-refractivity contribution in [2.75, 3.05) is 0 Å². The maximum Gasteiger partial charge on any atom is 0.307 e. The van der Waals surface area contributed by atoms with Gasteiger partial charge in [-0.3, -0.25) is 9.59 Å². The number of aliphatic carboxylic acids is 2. The van der Waals surface area contributed by atoms with Gasteiger partial charge in [0.2, 0.25) is 0 Å². The van der Waals surface area contributed by atoms with Crippen molar-refractivity contribution in [3.05, 3.63) is 12.2 Å². The average molecular weight is 184 g/mol. The van der Waals surface area contributed by atoms with Gasteiger partial charge in [-0.2, -0.15) is 0 Å². The SMILES string of the molecule is O=C(O)CC(C(=O)O)C1C=CCC1. The summed E-state index contributed by atoms with van der Waals surface area (Å²) in [4.78, 5) is 21.1. The predicted molar refractivity (Wildman–Crippen MR) is 45.2 cm³/mol. The summed E-state index contributed by atoms with van der Waals surface area (Å²) >= 11 is 0. The maximum atomic E-state index is 10.7. The lowest BCUT2D eigenvalue weighted by Gasteiger charge is -2.15. The molecule has 0 amide bonds. The fourth-order valence-electron chi connectivity index (χ4n) is 1.60. The molecule has 0 aliphatic heterocycles. The Bertz CT molecular complexity index is 244. The first kappa shape index (κ1) is 9.77. The molecule has 0 aromatic carbocycles. The molecular weight excluding hydrogens is 172 g/mol. The molecule has 0 saturated carbocycles. The van der Waals surface area contributed by atoms with Crippen molar-refractivity contribution in [3.8, 4) is 0 Å². The molecule has 4 heteroatoms. The summed E-state index contributed by atoms with van der Waals surface area (Å²) in [7, 11) is 0. The van der Waals surface area contributed by atoms with Crippen LogP contribution >= 0.6 is 0 Å². The topological polar surface area (TPSA) is 74.6 Å². The Labute approximate surface area is 75.9 Å². The fraction of sp³-hybridized carbons (Fsp3) is 0.556. The standard InChI is InChI=1S/C9H12O4/c10-8(11)5-7(9(12)13)6-3-1-2-4-6/h1,3,6-7H,2,4-5H2,(H,10,11)(H,12,13). The van der Waals surface area contributed by atoms with Crippen LogP contribution in [-0.4, -0.2) is 22.2 Å². The molecule has 0 saturated heterocycles. The zero-order chi connectivity index (χ0) is 9.84. The molecule has 2 N–H and O–H groups in total. The van der Waals surface area contributed by atoms with Gasteiger partial charge in [-0.1, -0.05) is 12.2 Å². The second kappa shape index (κ2) is 4.07. The molecule has 0 aromatic rings. The highest BCUT2D eigenvalue weighted by Gasteiger charge is 2.29. The first-order valence-electron chi connectivity index (χ1n) is 4.22. The fourth-order valence-corrected chi connectivity index (χ4v) is 1.60. The molecule has 1 rings (SSSR count). The Morgan fingerprint density at radius 2 is 2.15 bits per heavy atom. The number of allylic oxidation sites excluding steroid dienone is 2. The highest BCUT2D eigenvalue weighted by atomic mass is 16.4. The second-order valence-corrected chi connectivity index (χ2v) is 3.21. The van der Waals surface area contributed by atoms with Gasteiger partial charge in [0.1, 0.15) is 0 Å². The quantitative estimate of drug-likeness (QED) is 0.642. The van der Waals surface area contributed by atoms with E-state index in [9.17, 15) is 9.59 Å². The molecule has 72 valence electrons. The Morgan fingerprint density at radius 3 is 2.54 bits per heavy atom. The van der Waals surface area contributed by atoms with Crippen LogP contribution in [0.25, 0.3) is 0 Å². The molecule has 0 radical (unpaired) electrons. The van der Waals surface area contributed by atoms with E-state index in [1.807, 2.05) is 12.2 Å². The van der Waals surface area contributed by atoms with Gasteiger partial charge in [-0.25, -0.2) is 0 Å². The van der Waals surface area contributed by atoms with Crippen molar-refractivity contribution in [2.24, 2.45) is 11.8 Å². The number of hydrogen-bond acceptors (Lipinski definition) is 2. The Balaban J connectivity index is 2.61. The normalized spacial score (nSPS) is 22.9. The third-order valence-electron chi connectivity index (χ3n) is 2.28. The number of carbonyl (C=O) groups is 2.